The molecule has 30 heavy (non-hydrogen) atoms. The number of rotatable bonds is 8. The SMILES string of the molecule is COc1ccc(-c2ccc(=O)n(CCCC(=O)NC3CCCCCC3)n2)cc1OC. The number of hydrogen-bond donors (Lipinski definition) is 1. The summed E-state index contributed by atoms with van der Waals surface area (Å²) >= 11 is 0. The van der Waals surface area contributed by atoms with Crippen LogP contribution in [0.5, 0.6) is 11.5 Å². The van der Waals surface area contributed by atoms with Crippen LogP contribution in [0.25, 0.3) is 11.3 Å². The highest BCUT2D eigenvalue weighted by Gasteiger charge is 2.15. The Balaban J connectivity index is 1.60. The maximum atomic E-state index is 12.3. The van der Waals surface area contributed by atoms with E-state index in [0.29, 0.717) is 42.6 Å². The summed E-state index contributed by atoms with van der Waals surface area (Å²) in [6, 6.07) is 9.01. The zero-order chi connectivity index (χ0) is 21.3. The van der Waals surface area contributed by atoms with Gasteiger partial charge in [-0.05, 0) is 43.5 Å². The molecule has 1 fully saturated rings. The second kappa shape index (κ2) is 10.8. The summed E-state index contributed by atoms with van der Waals surface area (Å²) in [4.78, 5) is 24.5. The van der Waals surface area contributed by atoms with Gasteiger partial charge in [0.05, 0.1) is 19.9 Å². The first-order valence-corrected chi connectivity index (χ1v) is 10.7. The summed E-state index contributed by atoms with van der Waals surface area (Å²) in [5.41, 5.74) is 1.31. The van der Waals surface area contributed by atoms with Gasteiger partial charge in [0.1, 0.15) is 0 Å². The molecule has 0 aliphatic heterocycles. The lowest BCUT2D eigenvalue weighted by Gasteiger charge is -2.16. The normalized spacial score (nSPS) is 14.7. The molecule has 1 aliphatic carbocycles. The number of methoxy groups -OCH3 is 2. The van der Waals surface area contributed by atoms with Gasteiger partial charge in [-0.25, -0.2) is 4.68 Å². The molecular formula is C23H31N3O4. The molecule has 7 nitrogen and oxygen atoms in total. The molecular weight excluding hydrogens is 382 g/mol. The van der Waals surface area contributed by atoms with Gasteiger partial charge in [0.25, 0.3) is 5.56 Å². The Hall–Kier alpha value is -2.83. The van der Waals surface area contributed by atoms with Crippen molar-refractivity contribution in [3.63, 3.8) is 0 Å². The zero-order valence-corrected chi connectivity index (χ0v) is 17.9. The van der Waals surface area contributed by atoms with Gasteiger partial charge in [-0.15, -0.1) is 0 Å². The topological polar surface area (TPSA) is 82.5 Å². The van der Waals surface area contributed by atoms with E-state index in [1.165, 1.54) is 36.4 Å². The Morgan fingerprint density at radius 1 is 1.07 bits per heavy atom. The van der Waals surface area contributed by atoms with Crippen molar-refractivity contribution in [2.24, 2.45) is 0 Å². The average Bonchev–Trinajstić information content (AvgIpc) is 3.03. The van der Waals surface area contributed by atoms with Crippen LogP contribution in [-0.4, -0.2) is 35.9 Å². The number of amides is 1. The fourth-order valence-electron chi connectivity index (χ4n) is 3.87. The number of ether oxygens (including phenoxy) is 2. The molecule has 0 spiro atoms. The van der Waals surface area contributed by atoms with Crippen molar-refractivity contribution < 1.29 is 14.3 Å². The summed E-state index contributed by atoms with van der Waals surface area (Å²) in [7, 11) is 3.16. The van der Waals surface area contributed by atoms with E-state index in [-0.39, 0.29) is 11.5 Å². The van der Waals surface area contributed by atoms with Gasteiger partial charge in [-0.1, -0.05) is 25.7 Å². The third-order valence-corrected chi connectivity index (χ3v) is 5.54. The average molecular weight is 414 g/mol. The lowest BCUT2D eigenvalue weighted by atomic mass is 10.1. The molecule has 0 unspecified atom stereocenters. The summed E-state index contributed by atoms with van der Waals surface area (Å²) in [6.07, 6.45) is 8.00. The minimum atomic E-state index is -0.177. The van der Waals surface area contributed by atoms with Crippen molar-refractivity contribution in [2.75, 3.05) is 14.2 Å². The van der Waals surface area contributed by atoms with Crippen molar-refractivity contribution in [1.82, 2.24) is 15.1 Å². The van der Waals surface area contributed by atoms with E-state index in [1.54, 1.807) is 20.3 Å². The monoisotopic (exact) mass is 413 g/mol. The Labute approximate surface area is 177 Å². The van der Waals surface area contributed by atoms with Crippen LogP contribution in [0.4, 0.5) is 0 Å². The fraction of sp³-hybridized carbons (Fsp3) is 0.522. The van der Waals surface area contributed by atoms with Crippen molar-refractivity contribution in [2.45, 2.75) is 64.0 Å². The summed E-state index contributed by atoms with van der Waals surface area (Å²) in [6.45, 7) is 0.401. The van der Waals surface area contributed by atoms with Crippen molar-refractivity contribution in [3.8, 4) is 22.8 Å². The van der Waals surface area contributed by atoms with E-state index >= 15 is 0 Å². The smallest absolute Gasteiger partial charge is 0.266 e. The lowest BCUT2D eigenvalue weighted by molar-refractivity contribution is -0.122. The predicted molar refractivity (Wildman–Crippen MR) is 116 cm³/mol. The van der Waals surface area contributed by atoms with Crippen LogP contribution in [-0.2, 0) is 11.3 Å². The maximum Gasteiger partial charge on any atom is 0.266 e. The molecule has 0 radical (unpaired) electrons. The van der Waals surface area contributed by atoms with E-state index in [4.69, 9.17) is 9.47 Å². The largest absolute Gasteiger partial charge is 0.493 e. The molecule has 3 rings (SSSR count). The molecule has 1 aliphatic rings. The first kappa shape index (κ1) is 21.9. The number of carbonyl (C=O) groups excluding carboxylic acids is 1. The number of aromatic nitrogens is 2. The van der Waals surface area contributed by atoms with Crippen LogP contribution in [0, 0.1) is 0 Å². The minimum Gasteiger partial charge on any atom is -0.493 e. The van der Waals surface area contributed by atoms with E-state index in [9.17, 15) is 9.59 Å². The van der Waals surface area contributed by atoms with Crippen molar-refractivity contribution in [3.05, 3.63) is 40.7 Å². The number of nitrogens with zero attached hydrogens (tertiary/aromatic N) is 2. The van der Waals surface area contributed by atoms with Gasteiger partial charge >= 0.3 is 0 Å². The molecule has 162 valence electrons. The zero-order valence-electron chi connectivity index (χ0n) is 17.9. The Bertz CT molecular complexity index is 902. The molecule has 1 aromatic carbocycles. The summed E-state index contributed by atoms with van der Waals surface area (Å²) < 4.78 is 12.0. The minimum absolute atomic E-state index is 0.0611. The number of benzene rings is 1. The number of nitrogens with one attached hydrogen (secondary N) is 1. The first-order valence-electron chi connectivity index (χ1n) is 10.7. The van der Waals surface area contributed by atoms with Crippen LogP contribution in [0.2, 0.25) is 0 Å². The second-order valence-electron chi connectivity index (χ2n) is 7.71. The molecule has 0 atom stereocenters. The molecule has 0 saturated heterocycles. The molecule has 7 heteroatoms. The van der Waals surface area contributed by atoms with Gasteiger partial charge in [-0.3, -0.25) is 9.59 Å². The van der Waals surface area contributed by atoms with E-state index in [2.05, 4.69) is 10.4 Å². The molecule has 0 bridgehead atoms. The highest BCUT2D eigenvalue weighted by molar-refractivity contribution is 5.76. The molecule has 2 aromatic rings. The van der Waals surface area contributed by atoms with Gasteiger partial charge in [0.2, 0.25) is 5.91 Å². The third kappa shape index (κ3) is 5.84. The van der Waals surface area contributed by atoms with Crippen LogP contribution >= 0.6 is 0 Å². The maximum absolute atomic E-state index is 12.3. The van der Waals surface area contributed by atoms with E-state index in [0.717, 1.165) is 18.4 Å². The molecule has 1 heterocycles. The molecule has 1 N–H and O–H groups in total. The number of carbonyl (C=O) groups is 1. The highest BCUT2D eigenvalue weighted by atomic mass is 16.5. The van der Waals surface area contributed by atoms with Crippen LogP contribution in [0.1, 0.15) is 51.4 Å². The second-order valence-corrected chi connectivity index (χ2v) is 7.71. The number of aryl methyl sites for hydroxylation is 1. The highest BCUT2D eigenvalue weighted by Crippen LogP contribution is 2.31. The van der Waals surface area contributed by atoms with Gasteiger partial charge in [0.15, 0.2) is 11.5 Å². The lowest BCUT2D eigenvalue weighted by Crippen LogP contribution is -2.34. The van der Waals surface area contributed by atoms with Crippen LogP contribution < -0.4 is 20.3 Å². The Kier molecular flexibility index (Phi) is 7.88. The van der Waals surface area contributed by atoms with Crippen molar-refractivity contribution in [1.29, 1.82) is 0 Å². The van der Waals surface area contributed by atoms with Crippen molar-refractivity contribution >= 4 is 5.91 Å². The number of hydrogen-bond acceptors (Lipinski definition) is 5. The predicted octanol–water partition coefficient (Wildman–Crippen LogP) is 3.55. The molecule has 1 amide bonds. The van der Waals surface area contributed by atoms with Crippen LogP contribution in [0.3, 0.4) is 0 Å². The third-order valence-electron chi connectivity index (χ3n) is 5.54. The fourth-order valence-corrected chi connectivity index (χ4v) is 3.87. The molecule has 1 aromatic heterocycles. The van der Waals surface area contributed by atoms with E-state index < -0.39 is 0 Å². The quantitative estimate of drug-likeness (QED) is 0.669. The van der Waals surface area contributed by atoms with Gasteiger partial charge in [0, 0.05) is 30.6 Å². The Morgan fingerprint density at radius 3 is 2.50 bits per heavy atom. The first-order chi connectivity index (χ1) is 14.6. The Morgan fingerprint density at radius 2 is 1.80 bits per heavy atom. The van der Waals surface area contributed by atoms with E-state index in [1.807, 2.05) is 18.2 Å². The summed E-state index contributed by atoms with van der Waals surface area (Å²) in [5, 5.41) is 7.62. The van der Waals surface area contributed by atoms with Crippen LogP contribution in [0.15, 0.2) is 35.1 Å². The molecule has 1 saturated carbocycles. The standard InChI is InChI=1S/C23H31N3O4/c1-29-20-13-11-17(16-21(20)30-2)19-12-14-23(28)26(25-19)15-7-10-22(27)24-18-8-5-3-4-6-9-18/h11-14,16,18H,3-10,15H2,1-2H3,(H,24,27). The summed E-state index contributed by atoms with van der Waals surface area (Å²) in [5.74, 6) is 1.30. The van der Waals surface area contributed by atoms with Gasteiger partial charge < -0.3 is 14.8 Å². The van der Waals surface area contributed by atoms with Gasteiger partial charge in [-0.2, -0.15) is 5.10 Å².